The number of carbonyl (C=O) groups is 1. The monoisotopic (exact) mass is 418 g/mol. The first-order chi connectivity index (χ1) is 14.3. The van der Waals surface area contributed by atoms with Crippen molar-refractivity contribution in [2.45, 2.75) is 13.1 Å². The Kier molecular flexibility index (Phi) is 5.19. The number of aryl methyl sites for hydroxylation is 1. The van der Waals surface area contributed by atoms with Crippen molar-refractivity contribution in [3.63, 3.8) is 0 Å². The summed E-state index contributed by atoms with van der Waals surface area (Å²) in [5.41, 5.74) is 1.14. The summed E-state index contributed by atoms with van der Waals surface area (Å²) in [6.07, 6.45) is -5.06. The van der Waals surface area contributed by atoms with Crippen molar-refractivity contribution >= 4 is 22.4 Å². The number of ether oxygens (including phenoxy) is 1. The number of nitrogens with zero attached hydrogens (tertiary/aromatic N) is 2. The van der Waals surface area contributed by atoms with Crippen molar-refractivity contribution in [2.75, 3.05) is 31.2 Å². The summed E-state index contributed by atoms with van der Waals surface area (Å²) in [7, 11) is 0. The van der Waals surface area contributed by atoms with Crippen LogP contribution in [0.2, 0.25) is 0 Å². The molecule has 0 bridgehead atoms. The van der Waals surface area contributed by atoms with Gasteiger partial charge in [-0.2, -0.15) is 13.2 Å². The van der Waals surface area contributed by atoms with E-state index < -0.39 is 23.3 Å². The van der Waals surface area contributed by atoms with Gasteiger partial charge in [-0.1, -0.05) is 24.3 Å². The minimum absolute atomic E-state index is 0.0233. The second-order valence-electron chi connectivity index (χ2n) is 7.05. The Morgan fingerprint density at radius 2 is 1.73 bits per heavy atom. The fourth-order valence-corrected chi connectivity index (χ4v) is 3.79. The van der Waals surface area contributed by atoms with Gasteiger partial charge in [-0.3, -0.25) is 9.78 Å². The van der Waals surface area contributed by atoms with Gasteiger partial charge in [0.2, 0.25) is 0 Å². The van der Waals surface area contributed by atoms with Gasteiger partial charge in [0, 0.05) is 29.7 Å². The van der Waals surface area contributed by atoms with Crippen LogP contribution in [0.15, 0.2) is 42.5 Å². The Balaban J connectivity index is 2.04. The van der Waals surface area contributed by atoms with E-state index in [1.54, 1.807) is 12.1 Å². The van der Waals surface area contributed by atoms with Crippen molar-refractivity contribution < 1.29 is 27.1 Å². The quantitative estimate of drug-likeness (QED) is 0.447. The van der Waals surface area contributed by atoms with Crippen LogP contribution >= 0.6 is 0 Å². The average Bonchev–Trinajstić information content (AvgIpc) is 2.72. The second kappa shape index (κ2) is 7.68. The number of anilines is 1. The molecule has 1 aliphatic rings. The Hall–Kier alpha value is -3.00. The smallest absolute Gasteiger partial charge is 0.378 e. The van der Waals surface area contributed by atoms with Gasteiger partial charge in [-0.05, 0) is 30.7 Å². The number of para-hydroxylation sites is 1. The van der Waals surface area contributed by atoms with Crippen molar-refractivity contribution in [1.82, 2.24) is 4.98 Å². The molecule has 4 nitrogen and oxygen atoms in total. The zero-order valence-electron chi connectivity index (χ0n) is 16.1. The molecule has 0 unspecified atom stereocenters. The molecule has 1 aliphatic heterocycles. The van der Waals surface area contributed by atoms with Crippen LogP contribution in [0.4, 0.5) is 23.2 Å². The maximum absolute atomic E-state index is 13.5. The number of Topliss-reactive ketones (excluding diaryl/α,β-unsaturated/α-hetero) is 1. The molecule has 0 N–H and O–H groups in total. The Bertz CT molecular complexity index is 1100. The molecule has 0 amide bonds. The molecule has 2 aromatic carbocycles. The van der Waals surface area contributed by atoms with E-state index in [1.807, 2.05) is 6.07 Å². The van der Waals surface area contributed by atoms with E-state index in [0.717, 1.165) is 17.8 Å². The summed E-state index contributed by atoms with van der Waals surface area (Å²) in [5, 5.41) is 0.406. The number of rotatable bonds is 3. The van der Waals surface area contributed by atoms with Crippen LogP contribution in [0, 0.1) is 12.7 Å². The number of halogens is 4. The second-order valence-corrected chi connectivity index (χ2v) is 7.05. The molecule has 1 aromatic heterocycles. The molecule has 0 saturated carbocycles. The van der Waals surface area contributed by atoms with Gasteiger partial charge >= 0.3 is 6.18 Å². The summed E-state index contributed by atoms with van der Waals surface area (Å²) in [6.45, 7) is 3.70. The number of ketones is 1. The largest absolute Gasteiger partial charge is 0.454 e. The van der Waals surface area contributed by atoms with E-state index in [1.165, 1.54) is 19.1 Å². The van der Waals surface area contributed by atoms with E-state index in [9.17, 15) is 22.4 Å². The van der Waals surface area contributed by atoms with Crippen molar-refractivity contribution in [2.24, 2.45) is 0 Å². The van der Waals surface area contributed by atoms with Gasteiger partial charge in [-0.15, -0.1) is 0 Å². The maximum atomic E-state index is 13.5. The standard InChI is InChI=1S/C22H18F4N2O2/c1-13-18(21(29)22(24,25)26)19(14-5-7-15(23)8-6-14)16-3-2-4-17(20(16)27-13)28-9-11-30-12-10-28/h2-8H,9-12H2,1H3. The fourth-order valence-electron chi connectivity index (χ4n) is 3.79. The number of hydrogen-bond donors (Lipinski definition) is 0. The molecule has 1 saturated heterocycles. The van der Waals surface area contributed by atoms with Crippen LogP contribution in [0.5, 0.6) is 0 Å². The number of aromatic nitrogens is 1. The van der Waals surface area contributed by atoms with Gasteiger partial charge in [0.25, 0.3) is 5.78 Å². The summed E-state index contributed by atoms with van der Waals surface area (Å²) in [6, 6.07) is 10.3. The highest BCUT2D eigenvalue weighted by molar-refractivity contribution is 6.14. The summed E-state index contributed by atoms with van der Waals surface area (Å²) >= 11 is 0. The third-order valence-electron chi connectivity index (χ3n) is 5.14. The highest BCUT2D eigenvalue weighted by Crippen LogP contribution is 2.39. The molecule has 0 atom stereocenters. The third-order valence-corrected chi connectivity index (χ3v) is 5.14. The average molecular weight is 418 g/mol. The zero-order chi connectivity index (χ0) is 21.5. The number of fused-ring (bicyclic) bond motifs is 1. The van der Waals surface area contributed by atoms with Gasteiger partial charge in [0.05, 0.1) is 30.0 Å². The van der Waals surface area contributed by atoms with E-state index >= 15 is 0 Å². The van der Waals surface area contributed by atoms with Crippen molar-refractivity contribution in [1.29, 1.82) is 0 Å². The molecule has 3 aromatic rings. The Morgan fingerprint density at radius 1 is 1.07 bits per heavy atom. The molecule has 0 radical (unpaired) electrons. The first-order valence-corrected chi connectivity index (χ1v) is 9.41. The van der Waals surface area contributed by atoms with Crippen LogP contribution in [-0.4, -0.2) is 43.2 Å². The fraction of sp³-hybridized carbons (Fsp3) is 0.273. The van der Waals surface area contributed by atoms with Crippen LogP contribution in [0.25, 0.3) is 22.0 Å². The zero-order valence-corrected chi connectivity index (χ0v) is 16.1. The maximum Gasteiger partial charge on any atom is 0.454 e. The topological polar surface area (TPSA) is 42.4 Å². The molecule has 4 rings (SSSR count). The SMILES string of the molecule is Cc1nc2c(N3CCOCC3)cccc2c(-c2ccc(F)cc2)c1C(=O)C(F)(F)F. The van der Waals surface area contributed by atoms with E-state index in [0.29, 0.717) is 42.8 Å². The van der Waals surface area contributed by atoms with Crippen molar-refractivity contribution in [3.8, 4) is 11.1 Å². The lowest BCUT2D eigenvalue weighted by atomic mass is 9.91. The van der Waals surface area contributed by atoms with E-state index in [-0.39, 0.29) is 11.3 Å². The Labute approximate surface area is 170 Å². The molecule has 0 spiro atoms. The molecular weight excluding hydrogens is 400 g/mol. The van der Waals surface area contributed by atoms with Gasteiger partial charge < -0.3 is 9.64 Å². The Morgan fingerprint density at radius 3 is 2.37 bits per heavy atom. The van der Waals surface area contributed by atoms with Gasteiger partial charge in [-0.25, -0.2) is 4.39 Å². The summed E-state index contributed by atoms with van der Waals surface area (Å²) in [5.74, 6) is -2.49. The normalized spacial score (nSPS) is 14.9. The molecule has 156 valence electrons. The lowest BCUT2D eigenvalue weighted by Gasteiger charge is -2.30. The molecule has 30 heavy (non-hydrogen) atoms. The van der Waals surface area contributed by atoms with E-state index in [4.69, 9.17) is 4.74 Å². The third kappa shape index (κ3) is 3.63. The first-order valence-electron chi connectivity index (χ1n) is 9.41. The predicted molar refractivity (Wildman–Crippen MR) is 105 cm³/mol. The van der Waals surface area contributed by atoms with Gasteiger partial charge in [0.15, 0.2) is 0 Å². The lowest BCUT2D eigenvalue weighted by Crippen LogP contribution is -2.36. The number of benzene rings is 2. The number of pyridine rings is 1. The number of alkyl halides is 3. The first kappa shape index (κ1) is 20.3. The molecule has 2 heterocycles. The van der Waals surface area contributed by atoms with Crippen molar-refractivity contribution in [3.05, 3.63) is 59.5 Å². The van der Waals surface area contributed by atoms with Crippen LogP contribution in [0.1, 0.15) is 16.1 Å². The van der Waals surface area contributed by atoms with Crippen LogP contribution in [0.3, 0.4) is 0 Å². The highest BCUT2D eigenvalue weighted by Gasteiger charge is 2.42. The van der Waals surface area contributed by atoms with Gasteiger partial charge in [0.1, 0.15) is 5.82 Å². The molecule has 1 fully saturated rings. The predicted octanol–water partition coefficient (Wildman–Crippen LogP) is 4.93. The van der Waals surface area contributed by atoms with Crippen LogP contribution < -0.4 is 4.90 Å². The summed E-state index contributed by atoms with van der Waals surface area (Å²) in [4.78, 5) is 18.8. The highest BCUT2D eigenvalue weighted by atomic mass is 19.4. The minimum atomic E-state index is -5.06. The van der Waals surface area contributed by atoms with Crippen LogP contribution in [-0.2, 0) is 4.74 Å². The molecule has 8 heteroatoms. The summed E-state index contributed by atoms with van der Waals surface area (Å²) < 4.78 is 59.0. The molecule has 0 aliphatic carbocycles. The number of morpholine rings is 1. The number of hydrogen-bond acceptors (Lipinski definition) is 4. The number of carbonyl (C=O) groups excluding carboxylic acids is 1. The minimum Gasteiger partial charge on any atom is -0.378 e. The lowest BCUT2D eigenvalue weighted by molar-refractivity contribution is -0.0885. The molecular formula is C22H18F4N2O2. The van der Waals surface area contributed by atoms with E-state index in [2.05, 4.69) is 9.88 Å².